The lowest BCUT2D eigenvalue weighted by Crippen LogP contribution is -2.00. The Morgan fingerprint density at radius 1 is 1.10 bits per heavy atom. The number of aliphatic hydroxyl groups is 1. The van der Waals surface area contributed by atoms with Gasteiger partial charge < -0.3 is 14.6 Å². The summed E-state index contributed by atoms with van der Waals surface area (Å²) in [5.41, 5.74) is 0.156. The maximum Gasteiger partial charge on any atom is 0.136 e. The lowest BCUT2D eigenvalue weighted by Gasteiger charge is -2.14. The van der Waals surface area contributed by atoms with Crippen molar-refractivity contribution in [1.29, 1.82) is 0 Å². The van der Waals surface area contributed by atoms with E-state index in [0.29, 0.717) is 18.1 Å². The van der Waals surface area contributed by atoms with E-state index in [1.807, 2.05) is 6.92 Å². The maximum absolute atomic E-state index is 13.7. The van der Waals surface area contributed by atoms with Crippen molar-refractivity contribution in [2.24, 2.45) is 0 Å². The molecule has 1 unspecified atom stereocenters. The first-order chi connectivity index (χ1) is 10.1. The highest BCUT2D eigenvalue weighted by Crippen LogP contribution is 2.32. The van der Waals surface area contributed by atoms with Crippen LogP contribution in [0.15, 0.2) is 42.5 Å². The van der Waals surface area contributed by atoms with Crippen molar-refractivity contribution in [2.75, 3.05) is 6.61 Å². The average Bonchev–Trinajstić information content (AvgIpc) is 2.46. The van der Waals surface area contributed by atoms with Crippen molar-refractivity contribution in [2.45, 2.75) is 26.4 Å². The molecular formula is C17H19FO3. The molecule has 112 valence electrons. The zero-order chi connectivity index (χ0) is 15.2. The van der Waals surface area contributed by atoms with Crippen LogP contribution in [-0.2, 0) is 0 Å². The first kappa shape index (κ1) is 15.3. The molecule has 0 spiro atoms. The summed E-state index contributed by atoms with van der Waals surface area (Å²) in [6.45, 7) is 4.21. The predicted molar refractivity (Wildman–Crippen MR) is 79.3 cm³/mol. The molecule has 21 heavy (non-hydrogen) atoms. The molecule has 0 aliphatic heterocycles. The Hall–Kier alpha value is -2.07. The van der Waals surface area contributed by atoms with Crippen molar-refractivity contribution in [3.63, 3.8) is 0 Å². The van der Waals surface area contributed by atoms with E-state index in [-0.39, 0.29) is 5.56 Å². The van der Waals surface area contributed by atoms with Gasteiger partial charge in [0.2, 0.25) is 0 Å². The van der Waals surface area contributed by atoms with Crippen molar-refractivity contribution >= 4 is 0 Å². The minimum atomic E-state index is -0.937. The second kappa shape index (κ2) is 7.09. The van der Waals surface area contributed by atoms with Crippen LogP contribution in [0.3, 0.4) is 0 Å². The minimum absolute atomic E-state index is 0.156. The quantitative estimate of drug-likeness (QED) is 0.853. The molecule has 4 heteroatoms. The van der Waals surface area contributed by atoms with Gasteiger partial charge in [0.1, 0.15) is 23.1 Å². The van der Waals surface area contributed by atoms with Gasteiger partial charge in [-0.2, -0.15) is 0 Å². The predicted octanol–water partition coefficient (Wildman–Crippen LogP) is 4.46. The van der Waals surface area contributed by atoms with Gasteiger partial charge in [-0.25, -0.2) is 4.39 Å². The molecule has 1 N–H and O–H groups in total. The smallest absolute Gasteiger partial charge is 0.136 e. The van der Waals surface area contributed by atoms with Crippen LogP contribution in [0.4, 0.5) is 4.39 Å². The van der Waals surface area contributed by atoms with E-state index < -0.39 is 11.9 Å². The van der Waals surface area contributed by atoms with Gasteiger partial charge in [0.05, 0.1) is 18.3 Å². The summed E-state index contributed by atoms with van der Waals surface area (Å²) in [5.74, 6) is 1.16. The van der Waals surface area contributed by atoms with Crippen LogP contribution in [-0.4, -0.2) is 11.7 Å². The molecule has 0 aromatic heterocycles. The lowest BCUT2D eigenvalue weighted by molar-refractivity contribution is 0.190. The molecule has 0 fully saturated rings. The third-order valence-corrected chi connectivity index (χ3v) is 2.96. The fourth-order valence-electron chi connectivity index (χ4n) is 1.96. The van der Waals surface area contributed by atoms with Crippen LogP contribution >= 0.6 is 0 Å². The van der Waals surface area contributed by atoms with Gasteiger partial charge in [-0.05, 0) is 49.7 Å². The zero-order valence-corrected chi connectivity index (χ0v) is 12.2. The Kier molecular flexibility index (Phi) is 5.17. The van der Waals surface area contributed by atoms with E-state index in [4.69, 9.17) is 9.47 Å². The number of ether oxygens (including phenoxy) is 2. The molecule has 0 saturated carbocycles. The molecular weight excluding hydrogens is 271 g/mol. The zero-order valence-electron chi connectivity index (χ0n) is 12.2. The Balaban J connectivity index is 2.17. The molecule has 0 amide bonds. The molecule has 0 aliphatic carbocycles. The van der Waals surface area contributed by atoms with Crippen molar-refractivity contribution in [3.8, 4) is 17.2 Å². The highest BCUT2D eigenvalue weighted by atomic mass is 19.1. The summed E-state index contributed by atoms with van der Waals surface area (Å²) in [6, 6.07) is 11.6. The number of hydrogen-bond acceptors (Lipinski definition) is 3. The second-order valence-electron chi connectivity index (χ2n) is 4.75. The molecule has 0 radical (unpaired) electrons. The third kappa shape index (κ3) is 3.95. The molecule has 3 nitrogen and oxygen atoms in total. The molecule has 2 rings (SSSR count). The number of aliphatic hydroxyl groups excluding tert-OH is 1. The van der Waals surface area contributed by atoms with Gasteiger partial charge >= 0.3 is 0 Å². The van der Waals surface area contributed by atoms with Crippen LogP contribution < -0.4 is 9.47 Å². The summed E-state index contributed by atoms with van der Waals surface area (Å²) in [7, 11) is 0. The Bertz CT molecular complexity index is 579. The maximum atomic E-state index is 13.7. The SMILES string of the molecule is CCCOc1ccc(Oc2cccc(F)c2C(C)O)cc1. The second-order valence-corrected chi connectivity index (χ2v) is 4.75. The van der Waals surface area contributed by atoms with Crippen LogP contribution in [0.5, 0.6) is 17.2 Å². The summed E-state index contributed by atoms with van der Waals surface area (Å²) >= 11 is 0. The van der Waals surface area contributed by atoms with E-state index in [9.17, 15) is 9.50 Å². The van der Waals surface area contributed by atoms with E-state index >= 15 is 0 Å². The monoisotopic (exact) mass is 290 g/mol. The van der Waals surface area contributed by atoms with E-state index in [2.05, 4.69) is 0 Å². The standard InChI is InChI=1S/C17H19FO3/c1-3-11-20-13-7-9-14(10-8-13)21-16-6-4-5-15(18)17(16)12(2)19/h4-10,12,19H,3,11H2,1-2H3. The Labute approximate surface area is 124 Å². The normalized spacial score (nSPS) is 12.0. The van der Waals surface area contributed by atoms with Gasteiger partial charge in [0.25, 0.3) is 0 Å². The van der Waals surface area contributed by atoms with Crippen LogP contribution in [0.1, 0.15) is 31.9 Å². The van der Waals surface area contributed by atoms with Gasteiger partial charge in [0, 0.05) is 0 Å². The fraction of sp³-hybridized carbons (Fsp3) is 0.294. The molecule has 2 aromatic carbocycles. The van der Waals surface area contributed by atoms with Gasteiger partial charge in [-0.1, -0.05) is 13.0 Å². The fourth-order valence-corrected chi connectivity index (χ4v) is 1.96. The van der Waals surface area contributed by atoms with Crippen LogP contribution in [0, 0.1) is 5.82 Å². The first-order valence-corrected chi connectivity index (χ1v) is 6.99. The summed E-state index contributed by atoms with van der Waals surface area (Å²) in [6.07, 6.45) is 0.00704. The molecule has 1 atom stereocenters. The Morgan fingerprint density at radius 3 is 2.38 bits per heavy atom. The van der Waals surface area contributed by atoms with E-state index in [1.165, 1.54) is 13.0 Å². The van der Waals surface area contributed by atoms with Crippen LogP contribution in [0.2, 0.25) is 0 Å². The number of hydrogen-bond donors (Lipinski definition) is 1. The summed E-state index contributed by atoms with van der Waals surface area (Å²) < 4.78 is 24.9. The third-order valence-electron chi connectivity index (χ3n) is 2.96. The van der Waals surface area contributed by atoms with Crippen molar-refractivity contribution < 1.29 is 19.0 Å². The van der Waals surface area contributed by atoms with Crippen LogP contribution in [0.25, 0.3) is 0 Å². The number of benzene rings is 2. The molecule has 0 heterocycles. The minimum Gasteiger partial charge on any atom is -0.494 e. The highest BCUT2D eigenvalue weighted by molar-refractivity contribution is 5.41. The Morgan fingerprint density at radius 2 is 1.76 bits per heavy atom. The highest BCUT2D eigenvalue weighted by Gasteiger charge is 2.15. The average molecular weight is 290 g/mol. The summed E-state index contributed by atoms with van der Waals surface area (Å²) in [5, 5.41) is 9.66. The number of rotatable bonds is 6. The summed E-state index contributed by atoms with van der Waals surface area (Å²) in [4.78, 5) is 0. The van der Waals surface area contributed by atoms with Gasteiger partial charge in [0.15, 0.2) is 0 Å². The van der Waals surface area contributed by atoms with E-state index in [0.717, 1.165) is 12.2 Å². The van der Waals surface area contributed by atoms with Crippen molar-refractivity contribution in [3.05, 3.63) is 53.8 Å². The number of halogens is 1. The van der Waals surface area contributed by atoms with Gasteiger partial charge in [-0.15, -0.1) is 0 Å². The largest absolute Gasteiger partial charge is 0.494 e. The molecule has 0 aliphatic rings. The first-order valence-electron chi connectivity index (χ1n) is 6.99. The van der Waals surface area contributed by atoms with Gasteiger partial charge in [-0.3, -0.25) is 0 Å². The van der Waals surface area contributed by atoms with Crippen molar-refractivity contribution in [1.82, 2.24) is 0 Å². The topological polar surface area (TPSA) is 38.7 Å². The molecule has 0 saturated heterocycles. The lowest BCUT2D eigenvalue weighted by atomic mass is 10.1. The molecule has 0 bridgehead atoms. The van der Waals surface area contributed by atoms with E-state index in [1.54, 1.807) is 36.4 Å². The molecule has 2 aromatic rings.